The van der Waals surface area contributed by atoms with E-state index in [1.807, 2.05) is 0 Å². The van der Waals surface area contributed by atoms with Crippen molar-refractivity contribution >= 4 is 26.5 Å². The highest BCUT2D eigenvalue weighted by atomic mass is 32.2. The molecule has 0 aromatic carbocycles. The molecule has 1 aromatic heterocycles. The van der Waals surface area contributed by atoms with E-state index in [9.17, 15) is 21.6 Å². The van der Waals surface area contributed by atoms with Crippen LogP contribution in [0, 0.1) is 5.92 Å². The van der Waals surface area contributed by atoms with Gasteiger partial charge in [0, 0.05) is 30.9 Å². The summed E-state index contributed by atoms with van der Waals surface area (Å²) in [4.78, 5) is 5.25. The van der Waals surface area contributed by atoms with E-state index in [0.717, 1.165) is 17.8 Å². The predicted octanol–water partition coefficient (Wildman–Crippen LogP) is 1.72. The topological polar surface area (TPSA) is 63.2 Å². The van der Waals surface area contributed by atoms with Gasteiger partial charge in [0.1, 0.15) is 0 Å². The van der Waals surface area contributed by atoms with Crippen molar-refractivity contribution in [2.24, 2.45) is 5.92 Å². The van der Waals surface area contributed by atoms with Crippen molar-refractivity contribution in [3.63, 3.8) is 0 Å². The fraction of sp³-hybridized carbons (Fsp3) is 0.778. The molecule has 1 saturated heterocycles. The summed E-state index contributed by atoms with van der Waals surface area (Å²) >= 11 is 0.814. The van der Waals surface area contributed by atoms with Crippen molar-refractivity contribution in [3.05, 3.63) is 0 Å². The van der Waals surface area contributed by atoms with Crippen molar-refractivity contribution in [1.82, 2.24) is 9.36 Å². The fourth-order valence-corrected chi connectivity index (χ4v) is 3.47. The monoisotopic (exact) mass is 315 g/mol. The lowest BCUT2D eigenvalue weighted by molar-refractivity contribution is -0.175. The van der Waals surface area contributed by atoms with Gasteiger partial charge < -0.3 is 4.90 Å². The molecule has 0 saturated carbocycles. The molecule has 1 aliphatic heterocycles. The molecule has 5 nitrogen and oxygen atoms in total. The standard InChI is InChI=1S/C9H12F3N3O2S2/c1-19(16,17)7-13-8(18-14-7)15-4-2-3-6(5-15)9(10,11)12/h6H,2-5H2,1H3. The number of hydrogen-bond donors (Lipinski definition) is 0. The summed E-state index contributed by atoms with van der Waals surface area (Å²) in [6, 6.07) is 0. The van der Waals surface area contributed by atoms with Gasteiger partial charge in [-0.05, 0) is 12.8 Å². The summed E-state index contributed by atoms with van der Waals surface area (Å²) in [5.41, 5.74) is 0. The number of hydrogen-bond acceptors (Lipinski definition) is 6. The third-order valence-electron chi connectivity index (χ3n) is 2.88. The largest absolute Gasteiger partial charge is 0.393 e. The quantitative estimate of drug-likeness (QED) is 0.831. The maximum Gasteiger partial charge on any atom is 0.393 e. The van der Waals surface area contributed by atoms with Gasteiger partial charge in [-0.25, -0.2) is 8.42 Å². The molecule has 10 heteroatoms. The van der Waals surface area contributed by atoms with Gasteiger partial charge in [0.15, 0.2) is 0 Å². The molecule has 0 spiro atoms. The number of sulfone groups is 1. The maximum atomic E-state index is 12.7. The Kier molecular flexibility index (Phi) is 3.74. The van der Waals surface area contributed by atoms with Gasteiger partial charge in [0.2, 0.25) is 15.0 Å². The van der Waals surface area contributed by atoms with E-state index in [2.05, 4.69) is 9.36 Å². The van der Waals surface area contributed by atoms with Crippen LogP contribution < -0.4 is 4.90 Å². The van der Waals surface area contributed by atoms with Crippen LogP contribution in [0.25, 0.3) is 0 Å². The molecule has 0 bridgehead atoms. The summed E-state index contributed by atoms with van der Waals surface area (Å²) in [7, 11) is -3.52. The van der Waals surface area contributed by atoms with Gasteiger partial charge in [0.05, 0.1) is 5.92 Å². The Hall–Kier alpha value is -0.900. The second-order valence-corrected chi connectivity index (χ2v) is 7.10. The van der Waals surface area contributed by atoms with Gasteiger partial charge >= 0.3 is 6.18 Å². The Bertz CT molecular complexity index is 555. The first-order valence-corrected chi connectivity index (χ1v) is 8.20. The van der Waals surface area contributed by atoms with E-state index in [4.69, 9.17) is 0 Å². The van der Waals surface area contributed by atoms with Crippen molar-refractivity contribution in [3.8, 4) is 0 Å². The molecular formula is C9H12F3N3O2S2. The Labute approximate surface area is 112 Å². The summed E-state index contributed by atoms with van der Waals surface area (Å²) in [6.45, 7) is 0.243. The molecule has 1 aromatic rings. The zero-order valence-electron chi connectivity index (χ0n) is 10.0. The van der Waals surface area contributed by atoms with Crippen LogP contribution in [0.2, 0.25) is 0 Å². The van der Waals surface area contributed by atoms with Crippen LogP contribution in [0.15, 0.2) is 5.16 Å². The lowest BCUT2D eigenvalue weighted by Crippen LogP contribution is -2.41. The van der Waals surface area contributed by atoms with Crippen LogP contribution in [0.3, 0.4) is 0 Å². The van der Waals surface area contributed by atoms with E-state index < -0.39 is 21.9 Å². The Morgan fingerprint density at radius 1 is 1.42 bits per heavy atom. The number of halogens is 3. The van der Waals surface area contributed by atoms with Crippen LogP contribution in [0.4, 0.5) is 18.3 Å². The minimum absolute atomic E-state index is 0.0950. The molecular weight excluding hydrogens is 303 g/mol. The average Bonchev–Trinajstić information content (AvgIpc) is 2.77. The van der Waals surface area contributed by atoms with Gasteiger partial charge in [-0.15, -0.1) is 0 Å². The zero-order chi connectivity index (χ0) is 14.3. The molecule has 19 heavy (non-hydrogen) atoms. The van der Waals surface area contributed by atoms with Crippen LogP contribution in [-0.4, -0.2) is 43.3 Å². The van der Waals surface area contributed by atoms with Crippen molar-refractivity contribution in [2.45, 2.75) is 24.2 Å². The zero-order valence-corrected chi connectivity index (χ0v) is 11.6. The molecule has 0 radical (unpaired) electrons. The third kappa shape index (κ3) is 3.35. The van der Waals surface area contributed by atoms with E-state index >= 15 is 0 Å². The predicted molar refractivity (Wildman–Crippen MR) is 64.0 cm³/mol. The first-order valence-electron chi connectivity index (χ1n) is 5.53. The Morgan fingerprint density at radius 2 is 2.11 bits per heavy atom. The van der Waals surface area contributed by atoms with Gasteiger partial charge in [-0.1, -0.05) is 0 Å². The second kappa shape index (κ2) is 4.89. The van der Waals surface area contributed by atoms with Crippen LogP contribution in [0.1, 0.15) is 12.8 Å². The lowest BCUT2D eigenvalue weighted by Gasteiger charge is -2.33. The first-order chi connectivity index (χ1) is 8.68. The van der Waals surface area contributed by atoms with Gasteiger partial charge in [0.25, 0.3) is 5.16 Å². The summed E-state index contributed by atoms with van der Waals surface area (Å²) in [5, 5.41) is -0.101. The third-order valence-corrected chi connectivity index (χ3v) is 4.62. The Morgan fingerprint density at radius 3 is 2.63 bits per heavy atom. The molecule has 1 fully saturated rings. The number of piperidine rings is 1. The minimum Gasteiger partial charge on any atom is -0.346 e. The number of rotatable bonds is 2. The molecule has 2 heterocycles. The number of alkyl halides is 3. The van der Waals surface area contributed by atoms with Crippen LogP contribution in [0.5, 0.6) is 0 Å². The smallest absolute Gasteiger partial charge is 0.346 e. The summed E-state index contributed by atoms with van der Waals surface area (Å²) < 4.78 is 64.1. The fourth-order valence-electron chi connectivity index (χ4n) is 1.90. The lowest BCUT2D eigenvalue weighted by atomic mass is 9.98. The van der Waals surface area contributed by atoms with E-state index in [0.29, 0.717) is 13.0 Å². The highest BCUT2D eigenvalue weighted by Gasteiger charge is 2.42. The van der Waals surface area contributed by atoms with E-state index in [1.165, 1.54) is 4.90 Å². The van der Waals surface area contributed by atoms with Gasteiger partial charge in [-0.2, -0.15) is 22.5 Å². The molecule has 0 N–H and O–H groups in total. The number of anilines is 1. The molecule has 0 amide bonds. The highest BCUT2D eigenvalue weighted by Crippen LogP contribution is 2.35. The molecule has 1 atom stereocenters. The molecule has 1 aliphatic rings. The normalized spacial score (nSPS) is 21.7. The second-order valence-electron chi connectivity index (χ2n) is 4.46. The maximum absolute atomic E-state index is 12.7. The van der Waals surface area contributed by atoms with Crippen molar-refractivity contribution in [1.29, 1.82) is 0 Å². The summed E-state index contributed by atoms with van der Waals surface area (Å²) in [5.74, 6) is -1.40. The molecule has 108 valence electrons. The van der Waals surface area contributed by atoms with Gasteiger partial charge in [-0.3, -0.25) is 0 Å². The number of aromatic nitrogens is 2. The van der Waals surface area contributed by atoms with Crippen molar-refractivity contribution < 1.29 is 21.6 Å². The van der Waals surface area contributed by atoms with Crippen LogP contribution in [-0.2, 0) is 9.84 Å². The molecule has 0 aliphatic carbocycles. The molecule has 2 rings (SSSR count). The molecule has 1 unspecified atom stereocenters. The highest BCUT2D eigenvalue weighted by molar-refractivity contribution is 7.90. The summed E-state index contributed by atoms with van der Waals surface area (Å²) in [6.07, 6.45) is -2.77. The SMILES string of the molecule is CS(=O)(=O)c1nsc(N2CCCC(C(F)(F)F)C2)n1. The average molecular weight is 315 g/mol. The number of nitrogens with zero attached hydrogens (tertiary/aromatic N) is 3. The van der Waals surface area contributed by atoms with Crippen LogP contribution >= 0.6 is 11.5 Å². The first kappa shape index (κ1) is 14.5. The minimum atomic E-state index is -4.23. The van der Waals surface area contributed by atoms with E-state index in [1.54, 1.807) is 0 Å². The Balaban J connectivity index is 2.16. The van der Waals surface area contributed by atoms with Crippen molar-refractivity contribution in [2.75, 3.05) is 24.2 Å². The van der Waals surface area contributed by atoms with E-state index in [-0.39, 0.29) is 23.3 Å².